The van der Waals surface area contributed by atoms with Crippen LogP contribution in [0.3, 0.4) is 0 Å². The first kappa shape index (κ1) is 17.7. The van der Waals surface area contributed by atoms with Gasteiger partial charge in [0.15, 0.2) is 0 Å². The van der Waals surface area contributed by atoms with Crippen LogP contribution in [0, 0.1) is 27.4 Å². The minimum atomic E-state index is -0.410. The van der Waals surface area contributed by atoms with Crippen LogP contribution in [0.2, 0.25) is 0 Å². The summed E-state index contributed by atoms with van der Waals surface area (Å²) in [5.74, 6) is 0.878. The van der Waals surface area contributed by atoms with Gasteiger partial charge in [0.05, 0.1) is 16.6 Å². The predicted molar refractivity (Wildman–Crippen MR) is 99.2 cm³/mol. The first-order chi connectivity index (χ1) is 12.6. The van der Waals surface area contributed by atoms with Crippen LogP contribution < -0.4 is 4.90 Å². The van der Waals surface area contributed by atoms with Gasteiger partial charge >= 0.3 is 0 Å². The van der Waals surface area contributed by atoms with E-state index in [2.05, 4.69) is 4.90 Å². The maximum absolute atomic E-state index is 11.3. The highest BCUT2D eigenvalue weighted by atomic mass is 16.6. The number of phenols is 1. The van der Waals surface area contributed by atoms with E-state index >= 15 is 0 Å². The molecule has 0 radical (unpaired) electrons. The van der Waals surface area contributed by atoms with E-state index < -0.39 is 4.92 Å². The Morgan fingerprint density at radius 2 is 1.88 bits per heavy atom. The molecule has 0 aliphatic carbocycles. The smallest absolute Gasteiger partial charge is 0.293 e. The van der Waals surface area contributed by atoms with Gasteiger partial charge in [-0.25, -0.2) is 0 Å². The summed E-state index contributed by atoms with van der Waals surface area (Å²) in [5.41, 5.74) is 2.13. The van der Waals surface area contributed by atoms with Crippen LogP contribution in [0.5, 0.6) is 5.75 Å². The minimum absolute atomic E-state index is 0.00610. The second-order valence-electron chi connectivity index (χ2n) is 6.71. The third-order valence-corrected chi connectivity index (χ3v) is 5.03. The van der Waals surface area contributed by atoms with Crippen molar-refractivity contribution in [2.45, 2.75) is 25.7 Å². The lowest BCUT2D eigenvalue weighted by atomic mass is 9.90. The minimum Gasteiger partial charge on any atom is -0.508 e. The van der Waals surface area contributed by atoms with Crippen molar-refractivity contribution in [1.82, 2.24) is 0 Å². The largest absolute Gasteiger partial charge is 0.508 e. The lowest BCUT2D eigenvalue weighted by Gasteiger charge is -2.33. The number of aromatic hydroxyl groups is 1. The van der Waals surface area contributed by atoms with Crippen LogP contribution in [0.1, 0.15) is 30.4 Å². The summed E-state index contributed by atoms with van der Waals surface area (Å²) >= 11 is 0. The highest BCUT2D eigenvalue weighted by Crippen LogP contribution is 2.33. The second-order valence-corrected chi connectivity index (χ2v) is 6.71. The second kappa shape index (κ2) is 7.87. The predicted octanol–water partition coefficient (Wildman–Crippen LogP) is 4.02. The molecule has 6 nitrogen and oxygen atoms in total. The molecule has 1 aliphatic heterocycles. The molecule has 0 spiro atoms. The Morgan fingerprint density at radius 3 is 2.50 bits per heavy atom. The fourth-order valence-electron chi connectivity index (χ4n) is 3.50. The van der Waals surface area contributed by atoms with Gasteiger partial charge in [0.25, 0.3) is 5.69 Å². The van der Waals surface area contributed by atoms with Crippen LogP contribution in [-0.2, 0) is 6.42 Å². The normalized spacial score (nSPS) is 14.8. The average molecular weight is 351 g/mol. The van der Waals surface area contributed by atoms with Crippen LogP contribution in [0.4, 0.5) is 11.4 Å². The van der Waals surface area contributed by atoms with Crippen molar-refractivity contribution < 1.29 is 10.0 Å². The molecule has 3 rings (SSSR count). The Morgan fingerprint density at radius 1 is 1.19 bits per heavy atom. The van der Waals surface area contributed by atoms with E-state index in [0.29, 0.717) is 17.2 Å². The molecule has 26 heavy (non-hydrogen) atoms. The van der Waals surface area contributed by atoms with E-state index in [-0.39, 0.29) is 11.4 Å². The molecule has 1 aliphatic rings. The number of hydrogen-bond acceptors (Lipinski definition) is 5. The molecule has 2 aromatic carbocycles. The Bertz CT molecular complexity index is 819. The Labute approximate surface area is 152 Å². The van der Waals surface area contributed by atoms with Crippen molar-refractivity contribution in [3.05, 3.63) is 63.7 Å². The first-order valence-corrected chi connectivity index (χ1v) is 8.78. The van der Waals surface area contributed by atoms with Crippen LogP contribution in [0.25, 0.3) is 0 Å². The molecule has 0 amide bonds. The van der Waals surface area contributed by atoms with Crippen LogP contribution in [0.15, 0.2) is 42.5 Å². The van der Waals surface area contributed by atoms with E-state index in [0.717, 1.165) is 38.8 Å². The van der Waals surface area contributed by atoms with Crippen molar-refractivity contribution >= 4 is 11.4 Å². The Kier molecular flexibility index (Phi) is 5.37. The van der Waals surface area contributed by atoms with Gasteiger partial charge < -0.3 is 10.0 Å². The number of anilines is 1. The van der Waals surface area contributed by atoms with Gasteiger partial charge in [0.1, 0.15) is 11.4 Å². The van der Waals surface area contributed by atoms with Crippen molar-refractivity contribution in [3.8, 4) is 11.8 Å². The van der Waals surface area contributed by atoms with Crippen molar-refractivity contribution in [2.75, 3.05) is 18.0 Å². The molecule has 1 heterocycles. The molecular formula is C20H21N3O3. The number of hydrogen-bond donors (Lipinski definition) is 1. The number of aryl methyl sites for hydroxylation is 1. The number of nitrogens with zero attached hydrogens (tertiary/aromatic N) is 3. The summed E-state index contributed by atoms with van der Waals surface area (Å²) < 4.78 is 0. The van der Waals surface area contributed by atoms with Crippen LogP contribution in [-0.4, -0.2) is 23.1 Å². The SMILES string of the molecule is N#Cc1ccc(N2CCC(CCc3ccc(O)cc3)CC2)c([N+](=O)[O-])c1. The molecule has 1 fully saturated rings. The maximum Gasteiger partial charge on any atom is 0.293 e. The Hall–Kier alpha value is -3.07. The molecule has 1 saturated heterocycles. The summed E-state index contributed by atoms with van der Waals surface area (Å²) in [5, 5.41) is 29.6. The highest BCUT2D eigenvalue weighted by molar-refractivity contribution is 5.65. The number of nitro benzene ring substituents is 1. The monoisotopic (exact) mass is 351 g/mol. The van der Waals surface area contributed by atoms with E-state index in [1.807, 2.05) is 18.2 Å². The standard InChI is InChI=1S/C20H21N3O3/c21-14-17-5-8-19(20(13-17)23(25)26)22-11-9-16(10-12-22)2-1-15-3-6-18(24)7-4-15/h3-8,13,16,24H,1-2,9-12H2. The van der Waals surface area contributed by atoms with Crippen LogP contribution >= 0.6 is 0 Å². The van der Waals surface area contributed by atoms with Gasteiger partial charge in [-0.05, 0) is 61.4 Å². The molecule has 6 heteroatoms. The third-order valence-electron chi connectivity index (χ3n) is 5.03. The number of rotatable bonds is 5. The zero-order chi connectivity index (χ0) is 18.5. The van der Waals surface area contributed by atoms with Crippen molar-refractivity contribution in [3.63, 3.8) is 0 Å². The van der Waals surface area contributed by atoms with Gasteiger partial charge in [0.2, 0.25) is 0 Å². The summed E-state index contributed by atoms with van der Waals surface area (Å²) in [4.78, 5) is 13.0. The van der Waals surface area contributed by atoms with E-state index in [1.54, 1.807) is 24.3 Å². The summed E-state index contributed by atoms with van der Waals surface area (Å²) in [7, 11) is 0. The zero-order valence-electron chi connectivity index (χ0n) is 14.5. The van der Waals surface area contributed by atoms with Gasteiger partial charge in [-0.1, -0.05) is 12.1 Å². The van der Waals surface area contributed by atoms with Crippen molar-refractivity contribution in [1.29, 1.82) is 5.26 Å². The maximum atomic E-state index is 11.3. The molecular weight excluding hydrogens is 330 g/mol. The van der Waals surface area contributed by atoms with E-state index in [4.69, 9.17) is 5.26 Å². The first-order valence-electron chi connectivity index (χ1n) is 8.78. The number of phenolic OH excluding ortho intramolecular Hbond substituents is 1. The molecule has 0 saturated carbocycles. The lowest BCUT2D eigenvalue weighted by Crippen LogP contribution is -2.34. The molecule has 134 valence electrons. The highest BCUT2D eigenvalue weighted by Gasteiger charge is 2.25. The average Bonchev–Trinajstić information content (AvgIpc) is 2.67. The Balaban J connectivity index is 1.59. The summed E-state index contributed by atoms with van der Waals surface area (Å²) in [6, 6.07) is 14.0. The molecule has 1 N–H and O–H groups in total. The number of nitro groups is 1. The summed E-state index contributed by atoms with van der Waals surface area (Å²) in [6.07, 6.45) is 4.04. The van der Waals surface area contributed by atoms with Gasteiger partial charge in [0, 0.05) is 19.2 Å². The number of benzene rings is 2. The van der Waals surface area contributed by atoms with Gasteiger partial charge in [-0.3, -0.25) is 10.1 Å². The molecule has 0 unspecified atom stereocenters. The molecule has 2 aromatic rings. The fraction of sp³-hybridized carbons (Fsp3) is 0.350. The topological polar surface area (TPSA) is 90.4 Å². The lowest BCUT2D eigenvalue weighted by molar-refractivity contribution is -0.384. The fourth-order valence-corrected chi connectivity index (χ4v) is 3.50. The molecule has 0 bridgehead atoms. The number of piperidine rings is 1. The quantitative estimate of drug-likeness (QED) is 0.649. The third kappa shape index (κ3) is 4.12. The molecule has 0 atom stereocenters. The van der Waals surface area contributed by atoms with Gasteiger partial charge in [-0.2, -0.15) is 5.26 Å². The van der Waals surface area contributed by atoms with Gasteiger partial charge in [-0.15, -0.1) is 0 Å². The van der Waals surface area contributed by atoms with E-state index in [9.17, 15) is 15.2 Å². The van der Waals surface area contributed by atoms with Crippen molar-refractivity contribution in [2.24, 2.45) is 5.92 Å². The molecule has 0 aromatic heterocycles. The zero-order valence-corrected chi connectivity index (χ0v) is 14.5. The summed E-state index contributed by atoms with van der Waals surface area (Å²) in [6.45, 7) is 1.57. The van der Waals surface area contributed by atoms with E-state index in [1.165, 1.54) is 11.6 Å². The number of nitriles is 1.